The first-order valence-electron chi connectivity index (χ1n) is 6.73. The standard InChI is InChI=1S/C13H20N4O2/c1-3-10-6-8-16(9-7-10)13-11(17(18)19)4-5-12(14-2)15-13/h4-5,10H,3,6-9H2,1-2H3,(H,14,15). The molecule has 1 aromatic heterocycles. The number of hydrogen-bond acceptors (Lipinski definition) is 5. The van der Waals surface area contributed by atoms with Crippen molar-refractivity contribution in [2.24, 2.45) is 5.92 Å². The zero-order valence-corrected chi connectivity index (χ0v) is 11.4. The Morgan fingerprint density at radius 3 is 2.68 bits per heavy atom. The van der Waals surface area contributed by atoms with E-state index < -0.39 is 0 Å². The van der Waals surface area contributed by atoms with Crippen LogP contribution in [0.15, 0.2) is 12.1 Å². The molecule has 0 spiro atoms. The Labute approximate surface area is 113 Å². The van der Waals surface area contributed by atoms with Gasteiger partial charge in [-0.05, 0) is 24.8 Å². The Morgan fingerprint density at radius 1 is 1.47 bits per heavy atom. The summed E-state index contributed by atoms with van der Waals surface area (Å²) in [5.41, 5.74) is 0.0916. The average Bonchev–Trinajstić information content (AvgIpc) is 2.46. The maximum absolute atomic E-state index is 11.1. The average molecular weight is 264 g/mol. The highest BCUT2D eigenvalue weighted by molar-refractivity contribution is 5.61. The van der Waals surface area contributed by atoms with Gasteiger partial charge in [0.2, 0.25) is 5.82 Å². The second-order valence-electron chi connectivity index (χ2n) is 4.89. The van der Waals surface area contributed by atoms with Crippen molar-refractivity contribution in [3.63, 3.8) is 0 Å². The van der Waals surface area contributed by atoms with Crippen LogP contribution in [0, 0.1) is 16.0 Å². The fraction of sp³-hybridized carbons (Fsp3) is 0.615. The van der Waals surface area contributed by atoms with Gasteiger partial charge in [-0.15, -0.1) is 0 Å². The molecule has 6 heteroatoms. The molecule has 0 atom stereocenters. The van der Waals surface area contributed by atoms with Crippen LogP contribution in [-0.2, 0) is 0 Å². The molecule has 1 aliphatic rings. The molecule has 1 aromatic rings. The Hall–Kier alpha value is -1.85. The van der Waals surface area contributed by atoms with Crippen LogP contribution in [0.5, 0.6) is 0 Å². The van der Waals surface area contributed by atoms with Crippen LogP contribution in [-0.4, -0.2) is 30.0 Å². The highest BCUT2D eigenvalue weighted by Crippen LogP contribution is 2.31. The summed E-state index contributed by atoms with van der Waals surface area (Å²) >= 11 is 0. The molecule has 1 N–H and O–H groups in total. The molecule has 19 heavy (non-hydrogen) atoms. The summed E-state index contributed by atoms with van der Waals surface area (Å²) in [6.07, 6.45) is 3.35. The maximum Gasteiger partial charge on any atom is 0.311 e. The van der Waals surface area contributed by atoms with Gasteiger partial charge >= 0.3 is 5.69 Å². The number of pyridine rings is 1. The molecule has 0 radical (unpaired) electrons. The Morgan fingerprint density at radius 2 is 2.16 bits per heavy atom. The second kappa shape index (κ2) is 5.86. The van der Waals surface area contributed by atoms with Crippen LogP contribution in [0.4, 0.5) is 17.3 Å². The van der Waals surface area contributed by atoms with Crippen LogP contribution >= 0.6 is 0 Å². The topological polar surface area (TPSA) is 71.3 Å². The molecule has 0 amide bonds. The summed E-state index contributed by atoms with van der Waals surface area (Å²) in [6.45, 7) is 3.89. The monoisotopic (exact) mass is 264 g/mol. The van der Waals surface area contributed by atoms with Gasteiger partial charge in [-0.3, -0.25) is 10.1 Å². The van der Waals surface area contributed by atoms with Crippen LogP contribution < -0.4 is 10.2 Å². The van der Waals surface area contributed by atoms with Gasteiger partial charge in [-0.1, -0.05) is 13.3 Å². The third-order valence-electron chi connectivity index (χ3n) is 3.80. The minimum Gasteiger partial charge on any atom is -0.373 e. The number of nitrogens with one attached hydrogen (secondary N) is 1. The van der Waals surface area contributed by atoms with Gasteiger partial charge in [0.1, 0.15) is 5.82 Å². The lowest BCUT2D eigenvalue weighted by Crippen LogP contribution is -2.34. The Balaban J connectivity index is 2.24. The highest BCUT2D eigenvalue weighted by atomic mass is 16.6. The lowest BCUT2D eigenvalue weighted by atomic mass is 9.94. The van der Waals surface area contributed by atoms with E-state index in [1.165, 1.54) is 12.5 Å². The molecule has 1 saturated heterocycles. The van der Waals surface area contributed by atoms with Crippen molar-refractivity contribution in [2.45, 2.75) is 26.2 Å². The largest absolute Gasteiger partial charge is 0.373 e. The molecule has 6 nitrogen and oxygen atoms in total. The molecule has 2 heterocycles. The smallest absolute Gasteiger partial charge is 0.311 e. The van der Waals surface area contributed by atoms with Gasteiger partial charge < -0.3 is 10.2 Å². The predicted octanol–water partition coefficient (Wildman–Crippen LogP) is 2.66. The number of piperidine rings is 1. The summed E-state index contributed by atoms with van der Waals surface area (Å²) in [5.74, 6) is 1.90. The summed E-state index contributed by atoms with van der Waals surface area (Å²) in [7, 11) is 1.77. The van der Waals surface area contributed by atoms with E-state index in [0.717, 1.165) is 31.8 Å². The highest BCUT2D eigenvalue weighted by Gasteiger charge is 2.25. The normalized spacial score (nSPS) is 16.4. The van der Waals surface area contributed by atoms with Gasteiger partial charge in [0.25, 0.3) is 0 Å². The minimum atomic E-state index is -0.353. The van der Waals surface area contributed by atoms with Crippen molar-refractivity contribution in [3.8, 4) is 0 Å². The number of hydrogen-bond donors (Lipinski definition) is 1. The molecule has 1 aliphatic heterocycles. The molecule has 0 saturated carbocycles. The van der Waals surface area contributed by atoms with Crippen molar-refractivity contribution < 1.29 is 4.92 Å². The quantitative estimate of drug-likeness (QED) is 0.668. The Kier molecular flexibility index (Phi) is 4.19. The lowest BCUT2D eigenvalue weighted by molar-refractivity contribution is -0.384. The molecule has 104 valence electrons. The first-order valence-corrected chi connectivity index (χ1v) is 6.73. The van der Waals surface area contributed by atoms with Crippen molar-refractivity contribution in [3.05, 3.63) is 22.2 Å². The van der Waals surface area contributed by atoms with Crippen LogP contribution in [0.25, 0.3) is 0 Å². The molecular formula is C13H20N4O2. The van der Waals surface area contributed by atoms with Crippen molar-refractivity contribution >= 4 is 17.3 Å². The zero-order valence-electron chi connectivity index (χ0n) is 11.4. The summed E-state index contributed by atoms with van der Waals surface area (Å²) < 4.78 is 0. The van der Waals surface area contributed by atoms with E-state index >= 15 is 0 Å². The molecule has 0 bridgehead atoms. The van der Waals surface area contributed by atoms with Gasteiger partial charge in [-0.2, -0.15) is 0 Å². The number of aromatic nitrogens is 1. The van der Waals surface area contributed by atoms with Crippen LogP contribution in [0.3, 0.4) is 0 Å². The fourth-order valence-electron chi connectivity index (χ4n) is 2.51. The SMILES string of the molecule is CCC1CCN(c2nc(NC)ccc2[N+](=O)[O-])CC1. The number of anilines is 2. The van der Waals surface area contributed by atoms with E-state index in [4.69, 9.17) is 0 Å². The van der Waals surface area contributed by atoms with Gasteiger partial charge in [0, 0.05) is 26.2 Å². The van der Waals surface area contributed by atoms with Crippen molar-refractivity contribution in [1.29, 1.82) is 0 Å². The summed E-state index contributed by atoms with van der Waals surface area (Å²) in [6, 6.07) is 3.17. The van der Waals surface area contributed by atoms with E-state index in [0.29, 0.717) is 11.6 Å². The molecule has 0 aromatic carbocycles. The second-order valence-corrected chi connectivity index (χ2v) is 4.89. The molecule has 0 aliphatic carbocycles. The lowest BCUT2D eigenvalue weighted by Gasteiger charge is -2.32. The predicted molar refractivity (Wildman–Crippen MR) is 75.7 cm³/mol. The number of nitro groups is 1. The fourth-order valence-corrected chi connectivity index (χ4v) is 2.51. The van der Waals surface area contributed by atoms with Crippen LogP contribution in [0.1, 0.15) is 26.2 Å². The summed E-state index contributed by atoms with van der Waals surface area (Å²) in [4.78, 5) is 17.1. The van der Waals surface area contributed by atoms with E-state index in [-0.39, 0.29) is 10.6 Å². The van der Waals surface area contributed by atoms with Crippen molar-refractivity contribution in [2.75, 3.05) is 30.4 Å². The van der Waals surface area contributed by atoms with Gasteiger partial charge in [0.05, 0.1) is 4.92 Å². The minimum absolute atomic E-state index is 0.0916. The molecule has 2 rings (SSSR count). The van der Waals surface area contributed by atoms with E-state index in [2.05, 4.69) is 17.2 Å². The van der Waals surface area contributed by atoms with Gasteiger partial charge in [0.15, 0.2) is 0 Å². The summed E-state index contributed by atoms with van der Waals surface area (Å²) in [5, 5.41) is 14.0. The maximum atomic E-state index is 11.1. The Bertz CT molecular complexity index is 456. The third kappa shape index (κ3) is 2.94. The zero-order chi connectivity index (χ0) is 13.8. The molecule has 1 fully saturated rings. The number of nitrogens with zero attached hydrogens (tertiary/aromatic N) is 3. The van der Waals surface area contributed by atoms with E-state index in [1.54, 1.807) is 13.1 Å². The van der Waals surface area contributed by atoms with Crippen LogP contribution in [0.2, 0.25) is 0 Å². The van der Waals surface area contributed by atoms with E-state index in [9.17, 15) is 10.1 Å². The first kappa shape index (κ1) is 13.6. The van der Waals surface area contributed by atoms with Gasteiger partial charge in [-0.25, -0.2) is 4.98 Å². The van der Waals surface area contributed by atoms with E-state index in [1.807, 2.05) is 4.90 Å². The molecule has 0 unspecified atom stereocenters. The molecular weight excluding hydrogens is 244 g/mol. The van der Waals surface area contributed by atoms with Crippen molar-refractivity contribution in [1.82, 2.24) is 4.98 Å². The number of rotatable bonds is 4. The first-order chi connectivity index (χ1) is 9.15. The third-order valence-corrected chi connectivity index (χ3v) is 3.80.